The second-order valence-electron chi connectivity index (χ2n) is 3.59. The Bertz CT molecular complexity index is 359. The zero-order valence-electron chi connectivity index (χ0n) is 8.27. The minimum atomic E-state index is -0.902. The fourth-order valence-electron chi connectivity index (χ4n) is 1.63. The molecule has 0 amide bonds. The van der Waals surface area contributed by atoms with E-state index in [-0.39, 0.29) is 0 Å². The summed E-state index contributed by atoms with van der Waals surface area (Å²) >= 11 is 0. The van der Waals surface area contributed by atoms with Gasteiger partial charge in [-0.05, 0) is 24.6 Å². The second kappa shape index (κ2) is 4.31. The van der Waals surface area contributed by atoms with Crippen molar-refractivity contribution in [2.24, 2.45) is 0 Å². The molecule has 1 aromatic carbocycles. The predicted octanol–water partition coefficient (Wildman–Crippen LogP) is 1.59. The first-order valence-electron chi connectivity index (χ1n) is 4.93. The molecule has 1 atom stereocenters. The average molecular weight is 207 g/mol. The van der Waals surface area contributed by atoms with E-state index in [1.807, 2.05) is 6.07 Å². The molecule has 0 aromatic heterocycles. The number of carboxylic acid groups (broad SMARTS) is 1. The first-order valence-corrected chi connectivity index (χ1v) is 4.93. The van der Waals surface area contributed by atoms with Crippen LogP contribution in [-0.2, 0) is 4.74 Å². The number of ether oxygens (including phenoxy) is 1. The first kappa shape index (κ1) is 9.98. The van der Waals surface area contributed by atoms with Crippen LogP contribution < -0.4 is 5.32 Å². The highest BCUT2D eigenvalue weighted by Gasteiger charge is 2.15. The Balaban J connectivity index is 2.07. The van der Waals surface area contributed by atoms with E-state index in [9.17, 15) is 4.79 Å². The van der Waals surface area contributed by atoms with Gasteiger partial charge in [-0.3, -0.25) is 0 Å². The van der Waals surface area contributed by atoms with Crippen LogP contribution in [0.1, 0.15) is 16.8 Å². The van der Waals surface area contributed by atoms with Crippen molar-refractivity contribution in [3.8, 4) is 0 Å². The van der Waals surface area contributed by atoms with Crippen LogP contribution in [0.25, 0.3) is 0 Å². The minimum absolute atomic E-state index is 0.300. The average Bonchev–Trinajstić information content (AvgIpc) is 2.71. The zero-order valence-corrected chi connectivity index (χ0v) is 8.27. The molecule has 0 saturated carbocycles. The van der Waals surface area contributed by atoms with Gasteiger partial charge in [-0.1, -0.05) is 6.07 Å². The highest BCUT2D eigenvalue weighted by Crippen LogP contribution is 2.15. The highest BCUT2D eigenvalue weighted by molar-refractivity contribution is 5.88. The largest absolute Gasteiger partial charge is 0.478 e. The lowest BCUT2D eigenvalue weighted by Crippen LogP contribution is -2.19. The number of benzene rings is 1. The monoisotopic (exact) mass is 207 g/mol. The van der Waals surface area contributed by atoms with Crippen LogP contribution in [0.3, 0.4) is 0 Å². The Morgan fingerprint density at radius 2 is 2.40 bits per heavy atom. The molecule has 1 saturated heterocycles. The van der Waals surface area contributed by atoms with Gasteiger partial charge in [0.05, 0.1) is 18.2 Å². The maximum atomic E-state index is 10.7. The van der Waals surface area contributed by atoms with Gasteiger partial charge in [0.25, 0.3) is 0 Å². The minimum Gasteiger partial charge on any atom is -0.478 e. The van der Waals surface area contributed by atoms with Gasteiger partial charge in [-0.15, -0.1) is 0 Å². The molecule has 4 heteroatoms. The molecule has 1 aliphatic heterocycles. The Kier molecular flexibility index (Phi) is 2.87. The fraction of sp³-hybridized carbons (Fsp3) is 0.364. The van der Waals surface area contributed by atoms with Crippen molar-refractivity contribution in [3.63, 3.8) is 0 Å². The molecule has 0 aliphatic carbocycles. The summed E-state index contributed by atoms with van der Waals surface area (Å²) in [5.74, 6) is -0.902. The molecule has 2 rings (SSSR count). The summed E-state index contributed by atoms with van der Waals surface area (Å²) < 4.78 is 5.23. The number of aromatic carboxylic acids is 1. The molecule has 0 radical (unpaired) electrons. The van der Waals surface area contributed by atoms with E-state index in [1.54, 1.807) is 18.2 Å². The molecule has 80 valence electrons. The molecule has 1 heterocycles. The summed E-state index contributed by atoms with van der Waals surface area (Å²) in [4.78, 5) is 10.7. The molecule has 1 aromatic rings. The smallest absolute Gasteiger partial charge is 0.335 e. The third kappa shape index (κ3) is 2.47. The molecular weight excluding hydrogens is 194 g/mol. The molecule has 1 unspecified atom stereocenters. The number of carboxylic acids is 1. The number of hydrogen-bond acceptors (Lipinski definition) is 3. The summed E-state index contributed by atoms with van der Waals surface area (Å²) in [6.07, 6.45) is 0.970. The number of carbonyl (C=O) groups is 1. The SMILES string of the molecule is O=C(O)c1cccc(NC2CCOC2)c1. The van der Waals surface area contributed by atoms with Crippen molar-refractivity contribution in [1.29, 1.82) is 0 Å². The van der Waals surface area contributed by atoms with Crippen molar-refractivity contribution >= 4 is 11.7 Å². The lowest BCUT2D eigenvalue weighted by atomic mass is 10.2. The molecule has 1 fully saturated rings. The maximum absolute atomic E-state index is 10.7. The van der Waals surface area contributed by atoms with Crippen molar-refractivity contribution in [2.75, 3.05) is 18.5 Å². The van der Waals surface area contributed by atoms with Crippen LogP contribution in [0.15, 0.2) is 24.3 Å². The van der Waals surface area contributed by atoms with Crippen LogP contribution in [0, 0.1) is 0 Å². The molecule has 15 heavy (non-hydrogen) atoms. The fourth-order valence-corrected chi connectivity index (χ4v) is 1.63. The Morgan fingerprint density at radius 3 is 3.07 bits per heavy atom. The summed E-state index contributed by atoms with van der Waals surface area (Å²) in [5, 5.41) is 12.1. The normalized spacial score (nSPS) is 20.1. The molecule has 0 spiro atoms. The Hall–Kier alpha value is -1.55. The van der Waals surface area contributed by atoms with E-state index in [1.165, 1.54) is 0 Å². The molecule has 0 bridgehead atoms. The van der Waals surface area contributed by atoms with Crippen LogP contribution in [0.4, 0.5) is 5.69 Å². The van der Waals surface area contributed by atoms with Crippen LogP contribution in [0.2, 0.25) is 0 Å². The van der Waals surface area contributed by atoms with E-state index < -0.39 is 5.97 Å². The van der Waals surface area contributed by atoms with E-state index in [0.717, 1.165) is 18.7 Å². The van der Waals surface area contributed by atoms with Crippen LogP contribution >= 0.6 is 0 Å². The van der Waals surface area contributed by atoms with Gasteiger partial charge in [0.1, 0.15) is 0 Å². The lowest BCUT2D eigenvalue weighted by molar-refractivity contribution is 0.0697. The summed E-state index contributed by atoms with van der Waals surface area (Å²) in [5.41, 5.74) is 1.14. The third-order valence-electron chi connectivity index (χ3n) is 2.41. The molecular formula is C11H13NO3. The molecule has 4 nitrogen and oxygen atoms in total. The van der Waals surface area contributed by atoms with E-state index >= 15 is 0 Å². The quantitative estimate of drug-likeness (QED) is 0.790. The van der Waals surface area contributed by atoms with Crippen molar-refractivity contribution in [3.05, 3.63) is 29.8 Å². The van der Waals surface area contributed by atoms with Gasteiger partial charge < -0.3 is 15.2 Å². The number of rotatable bonds is 3. The van der Waals surface area contributed by atoms with Gasteiger partial charge in [-0.25, -0.2) is 4.79 Å². The predicted molar refractivity (Wildman–Crippen MR) is 56.2 cm³/mol. The Labute approximate surface area is 87.9 Å². The van der Waals surface area contributed by atoms with Crippen LogP contribution in [0.5, 0.6) is 0 Å². The van der Waals surface area contributed by atoms with Gasteiger partial charge in [0.15, 0.2) is 0 Å². The van der Waals surface area contributed by atoms with Gasteiger partial charge >= 0.3 is 5.97 Å². The van der Waals surface area contributed by atoms with Gasteiger partial charge in [0.2, 0.25) is 0 Å². The van der Waals surface area contributed by atoms with E-state index in [0.29, 0.717) is 18.2 Å². The van der Waals surface area contributed by atoms with E-state index in [4.69, 9.17) is 9.84 Å². The number of nitrogens with one attached hydrogen (secondary N) is 1. The number of hydrogen-bond donors (Lipinski definition) is 2. The molecule has 2 N–H and O–H groups in total. The topological polar surface area (TPSA) is 58.6 Å². The van der Waals surface area contributed by atoms with E-state index in [2.05, 4.69) is 5.32 Å². The standard InChI is InChI=1S/C11H13NO3/c13-11(14)8-2-1-3-9(6-8)12-10-4-5-15-7-10/h1-3,6,10,12H,4-5,7H2,(H,13,14). The lowest BCUT2D eigenvalue weighted by Gasteiger charge is -2.12. The molecule has 1 aliphatic rings. The maximum Gasteiger partial charge on any atom is 0.335 e. The second-order valence-corrected chi connectivity index (χ2v) is 3.59. The Morgan fingerprint density at radius 1 is 1.53 bits per heavy atom. The summed E-state index contributed by atoms with van der Waals surface area (Å²) in [6, 6.07) is 7.13. The zero-order chi connectivity index (χ0) is 10.7. The highest BCUT2D eigenvalue weighted by atomic mass is 16.5. The van der Waals surface area contributed by atoms with Gasteiger partial charge in [-0.2, -0.15) is 0 Å². The van der Waals surface area contributed by atoms with Crippen molar-refractivity contribution in [2.45, 2.75) is 12.5 Å². The first-order chi connectivity index (χ1) is 7.25. The van der Waals surface area contributed by atoms with Crippen molar-refractivity contribution < 1.29 is 14.6 Å². The van der Waals surface area contributed by atoms with Gasteiger partial charge in [0, 0.05) is 12.3 Å². The third-order valence-corrected chi connectivity index (χ3v) is 2.41. The summed E-state index contributed by atoms with van der Waals surface area (Å²) in [6.45, 7) is 1.47. The number of anilines is 1. The van der Waals surface area contributed by atoms with Crippen LogP contribution in [-0.4, -0.2) is 30.3 Å². The van der Waals surface area contributed by atoms with Crippen molar-refractivity contribution in [1.82, 2.24) is 0 Å². The summed E-state index contributed by atoms with van der Waals surface area (Å²) in [7, 11) is 0.